The quantitative estimate of drug-likeness (QED) is 0.684. The van der Waals surface area contributed by atoms with Gasteiger partial charge in [-0.05, 0) is 59.5 Å². The molecule has 1 saturated heterocycles. The van der Waals surface area contributed by atoms with Gasteiger partial charge in [-0.25, -0.2) is 8.42 Å². The van der Waals surface area contributed by atoms with Gasteiger partial charge in [-0.1, -0.05) is 19.9 Å². The van der Waals surface area contributed by atoms with Crippen LogP contribution in [0.5, 0.6) is 0 Å². The number of amides is 1. The number of nitrogens with zero attached hydrogens (tertiary/aromatic N) is 1. The Bertz CT molecular complexity index is 635. The van der Waals surface area contributed by atoms with Crippen molar-refractivity contribution in [1.29, 1.82) is 0 Å². The summed E-state index contributed by atoms with van der Waals surface area (Å²) in [5, 5.41) is -0.296. The molecule has 4 nitrogen and oxygen atoms in total. The Labute approximate surface area is 146 Å². The van der Waals surface area contributed by atoms with Crippen molar-refractivity contribution in [1.82, 2.24) is 4.90 Å². The van der Waals surface area contributed by atoms with E-state index in [2.05, 4.69) is 22.6 Å². The fourth-order valence-electron chi connectivity index (χ4n) is 2.82. The Hall–Kier alpha value is -0.630. The Kier molecular flexibility index (Phi) is 5.87. The van der Waals surface area contributed by atoms with Crippen molar-refractivity contribution < 1.29 is 13.2 Å². The van der Waals surface area contributed by atoms with Crippen molar-refractivity contribution in [2.24, 2.45) is 5.92 Å². The van der Waals surface area contributed by atoms with E-state index in [1.54, 1.807) is 4.90 Å². The lowest BCUT2D eigenvalue weighted by molar-refractivity contribution is 0.0725. The standard InChI is InChI=1S/C16H22INO3S/c1-12(2)11-22(20,21)15-6-8-18(9-7-15)16(19)13-4-3-5-14(17)10-13/h3-5,10,12,15H,6-9,11H2,1-2H3. The largest absolute Gasteiger partial charge is 0.339 e. The van der Waals surface area contributed by atoms with Crippen LogP contribution in [0.25, 0.3) is 0 Å². The number of sulfone groups is 1. The summed E-state index contributed by atoms with van der Waals surface area (Å²) in [7, 11) is -3.04. The zero-order chi connectivity index (χ0) is 16.3. The van der Waals surface area contributed by atoms with Gasteiger partial charge < -0.3 is 4.90 Å². The van der Waals surface area contributed by atoms with Gasteiger partial charge >= 0.3 is 0 Å². The van der Waals surface area contributed by atoms with Crippen LogP contribution in [0.15, 0.2) is 24.3 Å². The number of rotatable bonds is 4. The van der Waals surface area contributed by atoms with Gasteiger partial charge in [0.1, 0.15) is 0 Å². The molecule has 0 N–H and O–H groups in total. The smallest absolute Gasteiger partial charge is 0.253 e. The van der Waals surface area contributed by atoms with Crippen LogP contribution in [0.2, 0.25) is 0 Å². The Morgan fingerprint density at radius 3 is 2.50 bits per heavy atom. The van der Waals surface area contributed by atoms with Crippen LogP contribution in [0.1, 0.15) is 37.0 Å². The Balaban J connectivity index is 1.99. The fraction of sp³-hybridized carbons (Fsp3) is 0.562. The highest BCUT2D eigenvalue weighted by atomic mass is 127. The minimum Gasteiger partial charge on any atom is -0.339 e. The summed E-state index contributed by atoms with van der Waals surface area (Å²) < 4.78 is 25.6. The van der Waals surface area contributed by atoms with Crippen molar-refractivity contribution in [2.45, 2.75) is 31.9 Å². The zero-order valence-electron chi connectivity index (χ0n) is 13.0. The van der Waals surface area contributed by atoms with E-state index in [0.717, 1.165) is 3.57 Å². The molecule has 0 saturated carbocycles. The average Bonchev–Trinajstić information content (AvgIpc) is 2.45. The van der Waals surface area contributed by atoms with Gasteiger partial charge in [0.05, 0.1) is 11.0 Å². The van der Waals surface area contributed by atoms with E-state index >= 15 is 0 Å². The highest BCUT2D eigenvalue weighted by molar-refractivity contribution is 14.1. The molecule has 0 bridgehead atoms. The fourth-order valence-corrected chi connectivity index (χ4v) is 5.50. The molecule has 122 valence electrons. The van der Waals surface area contributed by atoms with E-state index in [9.17, 15) is 13.2 Å². The molecule has 1 aromatic rings. The molecule has 1 aromatic carbocycles. The summed E-state index contributed by atoms with van der Waals surface area (Å²) >= 11 is 2.18. The molecular weight excluding hydrogens is 413 g/mol. The number of hydrogen-bond acceptors (Lipinski definition) is 3. The Morgan fingerprint density at radius 1 is 1.32 bits per heavy atom. The highest BCUT2D eigenvalue weighted by Crippen LogP contribution is 2.22. The molecule has 22 heavy (non-hydrogen) atoms. The minimum absolute atomic E-state index is 0.00164. The number of likely N-dealkylation sites (tertiary alicyclic amines) is 1. The normalized spacial score (nSPS) is 17.0. The number of carbonyl (C=O) groups is 1. The summed E-state index contributed by atoms with van der Waals surface area (Å²) in [6.07, 6.45) is 1.09. The molecule has 0 aliphatic carbocycles. The third-order valence-corrected chi connectivity index (χ3v) is 7.16. The van der Waals surface area contributed by atoms with Crippen LogP contribution in [0, 0.1) is 9.49 Å². The summed E-state index contributed by atoms with van der Waals surface area (Å²) in [4.78, 5) is 14.2. The van der Waals surface area contributed by atoms with Crippen molar-refractivity contribution in [3.8, 4) is 0 Å². The van der Waals surface area contributed by atoms with Gasteiger partial charge in [0.25, 0.3) is 5.91 Å². The van der Waals surface area contributed by atoms with Crippen LogP contribution < -0.4 is 0 Å². The van der Waals surface area contributed by atoms with E-state index in [4.69, 9.17) is 0 Å². The molecule has 0 aromatic heterocycles. The molecule has 1 heterocycles. The second-order valence-electron chi connectivity index (χ2n) is 6.23. The molecule has 1 fully saturated rings. The summed E-state index contributed by atoms with van der Waals surface area (Å²) in [6, 6.07) is 7.49. The Morgan fingerprint density at radius 2 is 1.95 bits per heavy atom. The maximum absolute atomic E-state index is 12.5. The van der Waals surface area contributed by atoms with Crippen molar-refractivity contribution >= 4 is 38.3 Å². The first-order valence-corrected chi connectivity index (χ1v) is 10.4. The van der Waals surface area contributed by atoms with Crippen LogP contribution in [-0.4, -0.2) is 43.3 Å². The van der Waals surface area contributed by atoms with Crippen molar-refractivity contribution in [3.63, 3.8) is 0 Å². The first-order valence-electron chi connectivity index (χ1n) is 7.56. The number of piperidine rings is 1. The van der Waals surface area contributed by atoms with Gasteiger partial charge in [0, 0.05) is 22.2 Å². The van der Waals surface area contributed by atoms with E-state index in [1.165, 1.54) is 0 Å². The van der Waals surface area contributed by atoms with Crippen LogP contribution in [-0.2, 0) is 9.84 Å². The monoisotopic (exact) mass is 435 g/mol. The van der Waals surface area contributed by atoms with E-state index in [0.29, 0.717) is 31.5 Å². The van der Waals surface area contributed by atoms with Gasteiger partial charge in [-0.15, -0.1) is 0 Å². The third-order valence-electron chi connectivity index (χ3n) is 3.87. The molecule has 0 unspecified atom stereocenters. The zero-order valence-corrected chi connectivity index (χ0v) is 15.9. The van der Waals surface area contributed by atoms with E-state index in [-0.39, 0.29) is 22.8 Å². The summed E-state index contributed by atoms with van der Waals surface area (Å²) in [5.74, 6) is 0.386. The molecular formula is C16H22INO3S. The van der Waals surface area contributed by atoms with Crippen LogP contribution >= 0.6 is 22.6 Å². The molecule has 0 atom stereocenters. The lowest BCUT2D eigenvalue weighted by atomic mass is 10.1. The highest BCUT2D eigenvalue weighted by Gasteiger charge is 2.32. The number of hydrogen-bond donors (Lipinski definition) is 0. The third kappa shape index (κ3) is 4.44. The van der Waals surface area contributed by atoms with Crippen molar-refractivity contribution in [3.05, 3.63) is 33.4 Å². The maximum Gasteiger partial charge on any atom is 0.253 e. The molecule has 0 spiro atoms. The molecule has 1 amide bonds. The lowest BCUT2D eigenvalue weighted by Crippen LogP contribution is -2.43. The van der Waals surface area contributed by atoms with Crippen molar-refractivity contribution in [2.75, 3.05) is 18.8 Å². The molecule has 1 aliphatic rings. The molecule has 0 radical (unpaired) electrons. The minimum atomic E-state index is -3.04. The predicted molar refractivity (Wildman–Crippen MR) is 96.7 cm³/mol. The number of halogens is 1. The second kappa shape index (κ2) is 7.29. The first kappa shape index (κ1) is 17.7. The molecule has 2 rings (SSSR count). The lowest BCUT2D eigenvalue weighted by Gasteiger charge is -2.32. The number of carbonyl (C=O) groups excluding carboxylic acids is 1. The van der Waals surface area contributed by atoms with Gasteiger partial charge in [-0.3, -0.25) is 4.79 Å². The van der Waals surface area contributed by atoms with Crippen LogP contribution in [0.3, 0.4) is 0 Å². The molecule has 1 aliphatic heterocycles. The predicted octanol–water partition coefficient (Wildman–Crippen LogP) is 2.97. The first-order chi connectivity index (χ1) is 10.3. The van der Waals surface area contributed by atoms with Crippen LogP contribution in [0.4, 0.5) is 0 Å². The average molecular weight is 435 g/mol. The summed E-state index contributed by atoms with van der Waals surface area (Å²) in [6.45, 7) is 4.89. The number of benzene rings is 1. The topological polar surface area (TPSA) is 54.5 Å². The van der Waals surface area contributed by atoms with E-state index < -0.39 is 9.84 Å². The second-order valence-corrected chi connectivity index (χ2v) is 9.80. The van der Waals surface area contributed by atoms with Gasteiger partial charge in [0.15, 0.2) is 9.84 Å². The summed E-state index contributed by atoms with van der Waals surface area (Å²) in [5.41, 5.74) is 0.676. The molecule has 6 heteroatoms. The van der Waals surface area contributed by atoms with Gasteiger partial charge in [-0.2, -0.15) is 0 Å². The van der Waals surface area contributed by atoms with E-state index in [1.807, 2.05) is 38.1 Å². The SMILES string of the molecule is CC(C)CS(=O)(=O)C1CCN(C(=O)c2cccc(I)c2)CC1. The van der Waals surface area contributed by atoms with Gasteiger partial charge in [0.2, 0.25) is 0 Å². The maximum atomic E-state index is 12.5.